The molecule has 0 bridgehead atoms. The molecule has 0 amide bonds. The van der Waals surface area contributed by atoms with Crippen LogP contribution in [0.5, 0.6) is 0 Å². The number of ether oxygens (including phenoxy) is 1. The third kappa shape index (κ3) is 2.14. The average molecular weight is 224 g/mol. The van der Waals surface area contributed by atoms with Crippen molar-refractivity contribution in [2.24, 2.45) is 5.73 Å². The van der Waals surface area contributed by atoms with Gasteiger partial charge >= 0.3 is 0 Å². The van der Waals surface area contributed by atoms with Crippen molar-refractivity contribution >= 4 is 0 Å². The minimum absolute atomic E-state index is 0.109. The van der Waals surface area contributed by atoms with E-state index in [4.69, 9.17) is 14.9 Å². The molecular weight excluding hydrogens is 204 g/mol. The molecule has 0 spiro atoms. The van der Waals surface area contributed by atoms with Gasteiger partial charge in [0.25, 0.3) is 0 Å². The van der Waals surface area contributed by atoms with E-state index < -0.39 is 0 Å². The van der Waals surface area contributed by atoms with Crippen LogP contribution in [0.2, 0.25) is 0 Å². The standard InChI is InChI=1S/C12H20N2O2/c1-12(2,14-5-8-15-9-6-14)11(13)10-4-3-7-16-10/h3-4,7,11H,5-6,8-9,13H2,1-2H3. The lowest BCUT2D eigenvalue weighted by molar-refractivity contribution is -0.0212. The third-order valence-electron chi connectivity index (χ3n) is 3.44. The zero-order valence-electron chi connectivity index (χ0n) is 9.98. The van der Waals surface area contributed by atoms with E-state index in [1.807, 2.05) is 12.1 Å². The van der Waals surface area contributed by atoms with Gasteiger partial charge in [0.05, 0.1) is 25.5 Å². The summed E-state index contributed by atoms with van der Waals surface area (Å²) in [6, 6.07) is 3.71. The van der Waals surface area contributed by atoms with E-state index in [0.29, 0.717) is 0 Å². The van der Waals surface area contributed by atoms with Gasteiger partial charge in [0.1, 0.15) is 5.76 Å². The molecule has 0 saturated carbocycles. The lowest BCUT2D eigenvalue weighted by atomic mass is 9.91. The van der Waals surface area contributed by atoms with Crippen LogP contribution in [-0.4, -0.2) is 36.7 Å². The molecule has 0 radical (unpaired) electrons. The van der Waals surface area contributed by atoms with Gasteiger partial charge in [-0.2, -0.15) is 0 Å². The van der Waals surface area contributed by atoms with Crippen molar-refractivity contribution < 1.29 is 9.15 Å². The summed E-state index contributed by atoms with van der Waals surface area (Å²) in [4.78, 5) is 2.36. The van der Waals surface area contributed by atoms with Gasteiger partial charge in [0, 0.05) is 18.6 Å². The molecule has 2 heterocycles. The number of morpholine rings is 1. The molecule has 4 heteroatoms. The van der Waals surface area contributed by atoms with Crippen LogP contribution in [0.4, 0.5) is 0 Å². The van der Waals surface area contributed by atoms with Crippen molar-refractivity contribution in [2.75, 3.05) is 26.3 Å². The van der Waals surface area contributed by atoms with Crippen LogP contribution in [-0.2, 0) is 4.74 Å². The molecule has 1 aliphatic rings. The molecule has 1 fully saturated rings. The number of hydrogen-bond acceptors (Lipinski definition) is 4. The fourth-order valence-corrected chi connectivity index (χ4v) is 2.15. The minimum Gasteiger partial charge on any atom is -0.468 e. The molecule has 1 aromatic rings. The monoisotopic (exact) mass is 224 g/mol. The molecule has 1 aromatic heterocycles. The number of nitrogens with two attached hydrogens (primary N) is 1. The lowest BCUT2D eigenvalue weighted by Crippen LogP contribution is -2.55. The van der Waals surface area contributed by atoms with Crippen molar-refractivity contribution in [3.05, 3.63) is 24.2 Å². The van der Waals surface area contributed by atoms with Gasteiger partial charge in [-0.05, 0) is 26.0 Å². The number of hydrogen-bond donors (Lipinski definition) is 1. The van der Waals surface area contributed by atoms with E-state index in [2.05, 4.69) is 18.7 Å². The summed E-state index contributed by atoms with van der Waals surface area (Å²) in [7, 11) is 0. The third-order valence-corrected chi connectivity index (χ3v) is 3.44. The van der Waals surface area contributed by atoms with E-state index in [0.717, 1.165) is 32.1 Å². The molecule has 16 heavy (non-hydrogen) atoms. The van der Waals surface area contributed by atoms with Crippen molar-refractivity contribution in [1.82, 2.24) is 4.90 Å². The SMILES string of the molecule is CC(C)(C(N)c1ccco1)N1CCOCC1. The molecule has 1 unspecified atom stereocenters. The van der Waals surface area contributed by atoms with E-state index in [-0.39, 0.29) is 11.6 Å². The van der Waals surface area contributed by atoms with Crippen LogP contribution in [0.3, 0.4) is 0 Å². The van der Waals surface area contributed by atoms with Crippen LogP contribution >= 0.6 is 0 Å². The summed E-state index contributed by atoms with van der Waals surface area (Å²) in [5, 5.41) is 0. The first-order valence-electron chi connectivity index (χ1n) is 5.74. The van der Waals surface area contributed by atoms with Gasteiger partial charge < -0.3 is 14.9 Å². The molecule has 2 N–H and O–H groups in total. The Morgan fingerprint density at radius 2 is 2.06 bits per heavy atom. The second-order valence-corrected chi connectivity index (χ2v) is 4.75. The first kappa shape index (κ1) is 11.6. The highest BCUT2D eigenvalue weighted by atomic mass is 16.5. The zero-order valence-corrected chi connectivity index (χ0v) is 9.98. The van der Waals surface area contributed by atoms with Crippen LogP contribution in [0.25, 0.3) is 0 Å². The van der Waals surface area contributed by atoms with Crippen LogP contribution in [0.1, 0.15) is 25.6 Å². The highest BCUT2D eigenvalue weighted by Crippen LogP contribution is 2.29. The molecule has 1 atom stereocenters. The summed E-state index contributed by atoms with van der Waals surface area (Å²) in [5.74, 6) is 0.844. The van der Waals surface area contributed by atoms with E-state index >= 15 is 0 Å². The highest BCUT2D eigenvalue weighted by molar-refractivity contribution is 5.10. The Morgan fingerprint density at radius 3 is 2.62 bits per heavy atom. The average Bonchev–Trinajstić information content (AvgIpc) is 2.82. The predicted octanol–water partition coefficient (Wildman–Crippen LogP) is 1.39. The number of rotatable bonds is 3. The summed E-state index contributed by atoms with van der Waals surface area (Å²) >= 11 is 0. The molecule has 1 saturated heterocycles. The Morgan fingerprint density at radius 1 is 1.38 bits per heavy atom. The van der Waals surface area contributed by atoms with Crippen molar-refractivity contribution in [3.8, 4) is 0 Å². The maximum atomic E-state index is 6.27. The van der Waals surface area contributed by atoms with Gasteiger partial charge in [0.15, 0.2) is 0 Å². The van der Waals surface area contributed by atoms with Crippen LogP contribution < -0.4 is 5.73 Å². The summed E-state index contributed by atoms with van der Waals surface area (Å²) < 4.78 is 10.7. The normalized spacial score (nSPS) is 20.9. The maximum Gasteiger partial charge on any atom is 0.122 e. The Hall–Kier alpha value is -0.840. The first-order chi connectivity index (χ1) is 7.62. The first-order valence-corrected chi connectivity index (χ1v) is 5.74. The molecule has 0 aromatic carbocycles. The Labute approximate surface area is 96.4 Å². The Kier molecular flexibility index (Phi) is 3.33. The van der Waals surface area contributed by atoms with Crippen molar-refractivity contribution in [3.63, 3.8) is 0 Å². The molecular formula is C12H20N2O2. The smallest absolute Gasteiger partial charge is 0.122 e. The summed E-state index contributed by atoms with van der Waals surface area (Å²) in [5.41, 5.74) is 6.16. The second kappa shape index (κ2) is 4.57. The number of furan rings is 1. The van der Waals surface area contributed by atoms with Gasteiger partial charge in [-0.3, -0.25) is 4.90 Å². The highest BCUT2D eigenvalue weighted by Gasteiger charge is 2.36. The van der Waals surface area contributed by atoms with Gasteiger partial charge in [-0.25, -0.2) is 0 Å². The van der Waals surface area contributed by atoms with Crippen molar-refractivity contribution in [1.29, 1.82) is 0 Å². The summed E-state index contributed by atoms with van der Waals surface area (Å²) in [6.07, 6.45) is 1.67. The van der Waals surface area contributed by atoms with Crippen molar-refractivity contribution in [2.45, 2.75) is 25.4 Å². The maximum absolute atomic E-state index is 6.27. The second-order valence-electron chi connectivity index (χ2n) is 4.75. The van der Waals surface area contributed by atoms with Gasteiger partial charge in [0.2, 0.25) is 0 Å². The number of nitrogens with zero attached hydrogens (tertiary/aromatic N) is 1. The predicted molar refractivity (Wildman–Crippen MR) is 62.1 cm³/mol. The van der Waals surface area contributed by atoms with E-state index in [9.17, 15) is 0 Å². The molecule has 0 aliphatic carbocycles. The zero-order chi connectivity index (χ0) is 11.6. The fraction of sp³-hybridized carbons (Fsp3) is 0.667. The molecule has 90 valence electrons. The van der Waals surface area contributed by atoms with Crippen LogP contribution in [0, 0.1) is 0 Å². The Bertz CT molecular complexity index is 316. The van der Waals surface area contributed by atoms with Crippen LogP contribution in [0.15, 0.2) is 22.8 Å². The summed E-state index contributed by atoms with van der Waals surface area (Å²) in [6.45, 7) is 7.75. The molecule has 2 rings (SSSR count). The quantitative estimate of drug-likeness (QED) is 0.843. The Balaban J connectivity index is 2.10. The topological polar surface area (TPSA) is 51.6 Å². The van der Waals surface area contributed by atoms with Gasteiger partial charge in [-0.15, -0.1) is 0 Å². The molecule has 1 aliphatic heterocycles. The fourth-order valence-electron chi connectivity index (χ4n) is 2.15. The minimum atomic E-state index is -0.111. The molecule has 4 nitrogen and oxygen atoms in total. The van der Waals surface area contributed by atoms with E-state index in [1.54, 1.807) is 6.26 Å². The largest absolute Gasteiger partial charge is 0.468 e. The lowest BCUT2D eigenvalue weighted by Gasteiger charge is -2.43. The van der Waals surface area contributed by atoms with Gasteiger partial charge in [-0.1, -0.05) is 0 Å². The van der Waals surface area contributed by atoms with E-state index in [1.165, 1.54) is 0 Å².